The highest BCUT2D eigenvalue weighted by molar-refractivity contribution is 7.80. The van der Waals surface area contributed by atoms with Gasteiger partial charge in [0, 0.05) is 29.2 Å². The van der Waals surface area contributed by atoms with Gasteiger partial charge in [-0.3, -0.25) is 0 Å². The van der Waals surface area contributed by atoms with Crippen LogP contribution in [0.4, 0.5) is 10.1 Å². The summed E-state index contributed by atoms with van der Waals surface area (Å²) in [6, 6.07) is 12.3. The number of piperidine rings is 1. The topological polar surface area (TPSA) is 27.3 Å². The van der Waals surface area contributed by atoms with Gasteiger partial charge in [0.05, 0.1) is 15.7 Å². The van der Waals surface area contributed by atoms with Crippen molar-refractivity contribution < 1.29 is 4.39 Å². The molecule has 0 unspecified atom stereocenters. The summed E-state index contributed by atoms with van der Waals surface area (Å²) in [5, 5.41) is 8.30. The summed E-state index contributed by atoms with van der Waals surface area (Å²) in [6.45, 7) is 9.12. The molecule has 0 aromatic heterocycles. The fourth-order valence-corrected chi connectivity index (χ4v) is 5.12. The second-order valence-electron chi connectivity index (χ2n) is 9.21. The second kappa shape index (κ2) is 8.99. The minimum absolute atomic E-state index is 0.0801. The predicted octanol–water partition coefficient (Wildman–Crippen LogP) is 6.64. The molecule has 1 aliphatic heterocycles. The lowest BCUT2D eigenvalue weighted by atomic mass is 9.79. The van der Waals surface area contributed by atoms with Crippen molar-refractivity contribution in [2.75, 3.05) is 5.32 Å². The van der Waals surface area contributed by atoms with Gasteiger partial charge in [-0.2, -0.15) is 0 Å². The number of thiocarbonyl (C=S) groups is 1. The lowest BCUT2D eigenvalue weighted by Crippen LogP contribution is -2.63. The highest BCUT2D eigenvalue weighted by Crippen LogP contribution is 2.34. The number of rotatable bonds is 4. The number of benzene rings is 2. The van der Waals surface area contributed by atoms with Crippen molar-refractivity contribution in [1.29, 1.82) is 0 Å². The van der Waals surface area contributed by atoms with E-state index in [1.54, 1.807) is 18.2 Å². The van der Waals surface area contributed by atoms with Crippen LogP contribution in [0.15, 0.2) is 42.5 Å². The molecule has 30 heavy (non-hydrogen) atoms. The Labute approximate surface area is 193 Å². The zero-order valence-corrected chi connectivity index (χ0v) is 20.1. The molecular weight excluding hydrogens is 440 g/mol. The minimum atomic E-state index is -0.237. The van der Waals surface area contributed by atoms with Crippen molar-refractivity contribution in [2.45, 2.75) is 64.2 Å². The highest BCUT2D eigenvalue weighted by Gasteiger charge is 2.40. The Balaban J connectivity index is 1.93. The normalized spacial score (nSPS) is 18.1. The van der Waals surface area contributed by atoms with E-state index in [1.807, 2.05) is 18.2 Å². The largest absolute Gasteiger partial charge is 0.341 e. The standard InChI is InChI=1S/C23H28Cl2FN3S/c1-22(2)12-16(13-23(3,4)28-22)29(14-15-8-5-6-10-18(15)26)21(30)27-19-11-7-9-17(24)20(19)25/h5-11,16,28H,12-14H2,1-4H3,(H,27,30). The summed E-state index contributed by atoms with van der Waals surface area (Å²) >= 11 is 18.3. The Morgan fingerprint density at radius 1 is 1.10 bits per heavy atom. The van der Waals surface area contributed by atoms with Gasteiger partial charge in [0.15, 0.2) is 5.11 Å². The molecule has 1 heterocycles. The molecular formula is C23H28Cl2FN3S. The molecule has 0 atom stereocenters. The summed E-state index contributed by atoms with van der Waals surface area (Å²) in [5.41, 5.74) is 1.08. The average Bonchev–Trinajstić information content (AvgIpc) is 2.62. The van der Waals surface area contributed by atoms with E-state index in [4.69, 9.17) is 35.4 Å². The summed E-state index contributed by atoms with van der Waals surface area (Å²) in [7, 11) is 0. The zero-order chi connectivity index (χ0) is 22.1. The lowest BCUT2D eigenvalue weighted by Gasteiger charge is -2.50. The Morgan fingerprint density at radius 3 is 2.37 bits per heavy atom. The van der Waals surface area contributed by atoms with Gasteiger partial charge in [0.25, 0.3) is 0 Å². The molecule has 2 aromatic rings. The van der Waals surface area contributed by atoms with E-state index < -0.39 is 0 Å². The highest BCUT2D eigenvalue weighted by atomic mass is 35.5. The molecule has 3 rings (SSSR count). The number of hydrogen-bond acceptors (Lipinski definition) is 2. The van der Waals surface area contributed by atoms with E-state index in [9.17, 15) is 4.39 Å². The van der Waals surface area contributed by atoms with E-state index in [0.29, 0.717) is 33.0 Å². The fraction of sp³-hybridized carbons (Fsp3) is 0.435. The number of halogens is 3. The number of nitrogens with zero attached hydrogens (tertiary/aromatic N) is 1. The third kappa shape index (κ3) is 5.64. The van der Waals surface area contributed by atoms with Crippen molar-refractivity contribution >= 4 is 46.2 Å². The third-order valence-electron chi connectivity index (χ3n) is 5.36. The zero-order valence-electron chi connectivity index (χ0n) is 17.7. The van der Waals surface area contributed by atoms with Crippen molar-refractivity contribution in [1.82, 2.24) is 10.2 Å². The van der Waals surface area contributed by atoms with Crippen LogP contribution < -0.4 is 10.6 Å². The maximum absolute atomic E-state index is 14.5. The Hall–Kier alpha value is -1.40. The van der Waals surface area contributed by atoms with Gasteiger partial charge in [-0.1, -0.05) is 47.5 Å². The van der Waals surface area contributed by atoms with Crippen LogP contribution in [0.5, 0.6) is 0 Å². The van der Waals surface area contributed by atoms with Crippen molar-refractivity contribution in [3.05, 3.63) is 63.9 Å². The van der Waals surface area contributed by atoms with Gasteiger partial charge in [-0.15, -0.1) is 0 Å². The van der Waals surface area contributed by atoms with Crippen LogP contribution in [0, 0.1) is 5.82 Å². The fourth-order valence-electron chi connectivity index (χ4n) is 4.45. The smallest absolute Gasteiger partial charge is 0.174 e. The minimum Gasteiger partial charge on any atom is -0.341 e. The molecule has 0 bridgehead atoms. The molecule has 7 heteroatoms. The first-order chi connectivity index (χ1) is 14.0. The van der Waals surface area contributed by atoms with Gasteiger partial charge in [0.1, 0.15) is 5.82 Å². The molecule has 0 amide bonds. The van der Waals surface area contributed by atoms with E-state index in [0.717, 1.165) is 12.8 Å². The number of nitrogens with one attached hydrogen (secondary N) is 2. The van der Waals surface area contributed by atoms with E-state index >= 15 is 0 Å². The first-order valence-corrected chi connectivity index (χ1v) is 11.2. The first-order valence-electron chi connectivity index (χ1n) is 10.0. The second-order valence-corrected chi connectivity index (χ2v) is 10.4. The summed E-state index contributed by atoms with van der Waals surface area (Å²) < 4.78 is 14.5. The van der Waals surface area contributed by atoms with Gasteiger partial charge in [0.2, 0.25) is 0 Å². The van der Waals surface area contributed by atoms with Crippen molar-refractivity contribution in [3.63, 3.8) is 0 Å². The predicted molar refractivity (Wildman–Crippen MR) is 129 cm³/mol. The first kappa shape index (κ1) is 23.3. The third-order valence-corrected chi connectivity index (χ3v) is 6.52. The Morgan fingerprint density at radius 2 is 1.73 bits per heavy atom. The molecule has 162 valence electrons. The van der Waals surface area contributed by atoms with Crippen LogP contribution in [0.2, 0.25) is 10.0 Å². The molecule has 1 aliphatic rings. The van der Waals surface area contributed by atoms with Crippen molar-refractivity contribution in [3.8, 4) is 0 Å². The van der Waals surface area contributed by atoms with Gasteiger partial charge < -0.3 is 15.5 Å². The van der Waals surface area contributed by atoms with Gasteiger partial charge in [-0.05, 0) is 71.0 Å². The number of anilines is 1. The molecule has 0 radical (unpaired) electrons. The van der Waals surface area contributed by atoms with Crippen LogP contribution in [0.25, 0.3) is 0 Å². The molecule has 2 aromatic carbocycles. The Kier molecular flexibility index (Phi) is 6.97. The van der Waals surface area contributed by atoms with Crippen LogP contribution in [-0.2, 0) is 6.54 Å². The van der Waals surface area contributed by atoms with E-state index in [-0.39, 0.29) is 22.9 Å². The number of hydrogen-bond donors (Lipinski definition) is 2. The maximum Gasteiger partial charge on any atom is 0.174 e. The molecule has 0 spiro atoms. The Bertz CT molecular complexity index is 916. The average molecular weight is 468 g/mol. The molecule has 0 aliphatic carbocycles. The van der Waals surface area contributed by atoms with Crippen LogP contribution in [0.1, 0.15) is 46.1 Å². The van der Waals surface area contributed by atoms with Gasteiger partial charge in [-0.25, -0.2) is 4.39 Å². The quantitative estimate of drug-likeness (QED) is 0.492. The lowest BCUT2D eigenvalue weighted by molar-refractivity contribution is 0.101. The van der Waals surface area contributed by atoms with Crippen LogP contribution >= 0.6 is 35.4 Å². The van der Waals surface area contributed by atoms with Crippen LogP contribution in [-0.4, -0.2) is 27.1 Å². The van der Waals surface area contributed by atoms with Crippen LogP contribution in [0.3, 0.4) is 0 Å². The molecule has 1 saturated heterocycles. The monoisotopic (exact) mass is 467 g/mol. The summed E-state index contributed by atoms with van der Waals surface area (Å²) in [6.07, 6.45) is 1.74. The van der Waals surface area contributed by atoms with Gasteiger partial charge >= 0.3 is 0 Å². The SMILES string of the molecule is CC1(C)CC(N(Cc2ccccc2F)C(=S)Nc2cccc(Cl)c2Cl)CC(C)(C)N1. The molecule has 1 fully saturated rings. The summed E-state index contributed by atoms with van der Waals surface area (Å²) in [5.74, 6) is -0.237. The van der Waals surface area contributed by atoms with Crippen molar-refractivity contribution in [2.24, 2.45) is 0 Å². The maximum atomic E-state index is 14.5. The molecule has 0 saturated carbocycles. The van der Waals surface area contributed by atoms with E-state index in [2.05, 4.69) is 43.2 Å². The molecule has 2 N–H and O–H groups in total. The summed E-state index contributed by atoms with van der Waals surface area (Å²) in [4.78, 5) is 2.08. The van der Waals surface area contributed by atoms with E-state index in [1.165, 1.54) is 6.07 Å². The molecule has 3 nitrogen and oxygen atoms in total.